The van der Waals surface area contributed by atoms with Crippen molar-refractivity contribution in [3.63, 3.8) is 0 Å². The Labute approximate surface area is 113 Å². The van der Waals surface area contributed by atoms with Gasteiger partial charge in [-0.25, -0.2) is 0 Å². The fourth-order valence-electron chi connectivity index (χ4n) is 2.62. The molecule has 0 atom stereocenters. The van der Waals surface area contributed by atoms with E-state index in [1.807, 2.05) is 0 Å². The number of aryl methyl sites for hydroxylation is 2. The van der Waals surface area contributed by atoms with Gasteiger partial charge in [-0.2, -0.15) is 5.10 Å². The number of anilines is 1. The van der Waals surface area contributed by atoms with Gasteiger partial charge in [-0.05, 0) is 19.4 Å². The van der Waals surface area contributed by atoms with Gasteiger partial charge in [0.05, 0.1) is 5.69 Å². The van der Waals surface area contributed by atoms with E-state index in [9.17, 15) is 0 Å². The number of hydrogen-bond acceptors (Lipinski definition) is 3. The van der Waals surface area contributed by atoms with Crippen molar-refractivity contribution in [1.29, 1.82) is 0 Å². The van der Waals surface area contributed by atoms with E-state index < -0.39 is 0 Å². The first-order valence-electron chi connectivity index (χ1n) is 6.83. The van der Waals surface area contributed by atoms with Gasteiger partial charge in [0, 0.05) is 37.8 Å². The molecule has 0 unspecified atom stereocenters. The second kappa shape index (κ2) is 5.05. The summed E-state index contributed by atoms with van der Waals surface area (Å²) in [6.45, 7) is 8.38. The maximum absolute atomic E-state index is 4.45. The zero-order valence-corrected chi connectivity index (χ0v) is 11.5. The van der Waals surface area contributed by atoms with Crippen LogP contribution in [0.4, 0.5) is 5.82 Å². The lowest BCUT2D eigenvalue weighted by Gasteiger charge is -2.26. The Morgan fingerprint density at radius 3 is 2.63 bits per heavy atom. The van der Waals surface area contributed by atoms with Gasteiger partial charge in [-0.1, -0.05) is 23.8 Å². The van der Waals surface area contributed by atoms with E-state index in [-0.39, 0.29) is 0 Å². The number of nitrogens with zero attached hydrogens (tertiary/aromatic N) is 2. The molecule has 1 aromatic heterocycles. The number of nitrogens with one attached hydrogen (secondary N) is 2. The average molecular weight is 256 g/mol. The van der Waals surface area contributed by atoms with Gasteiger partial charge in [0.2, 0.25) is 0 Å². The SMILES string of the molecule is Cc1ccc(-c2cc(N3CCNCC3)n[nH]2)c(C)c1. The Balaban J connectivity index is 1.87. The van der Waals surface area contributed by atoms with Crippen LogP contribution < -0.4 is 10.2 Å². The van der Waals surface area contributed by atoms with Gasteiger partial charge in [0.25, 0.3) is 0 Å². The summed E-state index contributed by atoms with van der Waals surface area (Å²) in [6, 6.07) is 8.68. The van der Waals surface area contributed by atoms with E-state index in [1.165, 1.54) is 16.7 Å². The second-order valence-electron chi connectivity index (χ2n) is 5.20. The molecule has 100 valence electrons. The minimum atomic E-state index is 1.02. The topological polar surface area (TPSA) is 44.0 Å². The molecule has 19 heavy (non-hydrogen) atoms. The molecule has 1 aromatic carbocycles. The Morgan fingerprint density at radius 2 is 1.89 bits per heavy atom. The molecule has 1 aliphatic heterocycles. The predicted molar refractivity (Wildman–Crippen MR) is 78.6 cm³/mol. The lowest BCUT2D eigenvalue weighted by Crippen LogP contribution is -2.43. The largest absolute Gasteiger partial charge is 0.353 e. The Morgan fingerprint density at radius 1 is 1.11 bits per heavy atom. The molecule has 1 aliphatic rings. The summed E-state index contributed by atoms with van der Waals surface area (Å²) in [6.07, 6.45) is 0. The Hall–Kier alpha value is -1.81. The summed E-state index contributed by atoms with van der Waals surface area (Å²) in [5, 5.41) is 11.0. The van der Waals surface area contributed by atoms with Crippen LogP contribution in [0.2, 0.25) is 0 Å². The molecule has 0 radical (unpaired) electrons. The zero-order chi connectivity index (χ0) is 13.2. The van der Waals surface area contributed by atoms with E-state index in [1.54, 1.807) is 0 Å². The summed E-state index contributed by atoms with van der Waals surface area (Å²) in [4.78, 5) is 2.32. The minimum absolute atomic E-state index is 1.02. The van der Waals surface area contributed by atoms with Gasteiger partial charge >= 0.3 is 0 Å². The third-order valence-corrected chi connectivity index (χ3v) is 3.68. The quantitative estimate of drug-likeness (QED) is 0.865. The smallest absolute Gasteiger partial charge is 0.151 e. The molecule has 2 aromatic rings. The highest BCUT2D eigenvalue weighted by atomic mass is 15.3. The molecule has 0 bridgehead atoms. The average Bonchev–Trinajstić information content (AvgIpc) is 2.89. The molecule has 0 spiro atoms. The summed E-state index contributed by atoms with van der Waals surface area (Å²) in [5.74, 6) is 1.05. The molecule has 3 rings (SSSR count). The molecule has 1 fully saturated rings. The van der Waals surface area contributed by atoms with Crippen LogP contribution in [0.1, 0.15) is 11.1 Å². The number of aromatic nitrogens is 2. The fourth-order valence-corrected chi connectivity index (χ4v) is 2.62. The first kappa shape index (κ1) is 12.2. The van der Waals surface area contributed by atoms with E-state index in [0.29, 0.717) is 0 Å². The van der Waals surface area contributed by atoms with Crippen LogP contribution in [0.3, 0.4) is 0 Å². The predicted octanol–water partition coefficient (Wildman–Crippen LogP) is 2.10. The molecule has 4 nitrogen and oxygen atoms in total. The fraction of sp³-hybridized carbons (Fsp3) is 0.400. The number of H-pyrrole nitrogens is 1. The molecule has 2 N–H and O–H groups in total. The monoisotopic (exact) mass is 256 g/mol. The zero-order valence-electron chi connectivity index (χ0n) is 11.5. The number of piperazine rings is 1. The molecule has 0 saturated carbocycles. The van der Waals surface area contributed by atoms with Gasteiger partial charge < -0.3 is 10.2 Å². The molecule has 4 heteroatoms. The van der Waals surface area contributed by atoms with Crippen LogP contribution in [0.25, 0.3) is 11.3 Å². The molecular formula is C15H20N4. The highest BCUT2D eigenvalue weighted by Crippen LogP contribution is 2.25. The maximum Gasteiger partial charge on any atom is 0.151 e. The van der Waals surface area contributed by atoms with Gasteiger partial charge in [0.1, 0.15) is 0 Å². The van der Waals surface area contributed by atoms with E-state index in [4.69, 9.17) is 0 Å². The Kier molecular flexibility index (Phi) is 3.25. The molecule has 0 aliphatic carbocycles. The first-order valence-corrected chi connectivity index (χ1v) is 6.83. The van der Waals surface area contributed by atoms with Crippen LogP contribution in [-0.4, -0.2) is 36.4 Å². The summed E-state index contributed by atoms with van der Waals surface area (Å²) in [7, 11) is 0. The molecule has 2 heterocycles. The standard InChI is InChI=1S/C15H20N4/c1-11-3-4-13(12(2)9-11)14-10-15(18-17-14)19-7-5-16-6-8-19/h3-4,9-10,16H,5-8H2,1-2H3,(H,17,18). The van der Waals surface area contributed by atoms with Crippen molar-refractivity contribution in [3.8, 4) is 11.3 Å². The van der Waals surface area contributed by atoms with Crippen LogP contribution in [0, 0.1) is 13.8 Å². The van der Waals surface area contributed by atoms with Crippen molar-refractivity contribution in [2.45, 2.75) is 13.8 Å². The summed E-state index contributed by atoms with van der Waals surface area (Å²) in [5.41, 5.74) is 4.92. The number of aromatic amines is 1. The van der Waals surface area contributed by atoms with Crippen molar-refractivity contribution in [2.24, 2.45) is 0 Å². The van der Waals surface area contributed by atoms with Crippen molar-refractivity contribution >= 4 is 5.82 Å². The number of rotatable bonds is 2. The number of benzene rings is 1. The van der Waals surface area contributed by atoms with Gasteiger partial charge in [0.15, 0.2) is 5.82 Å². The van der Waals surface area contributed by atoms with Crippen LogP contribution >= 0.6 is 0 Å². The molecule has 0 amide bonds. The maximum atomic E-state index is 4.45. The van der Waals surface area contributed by atoms with Crippen LogP contribution in [-0.2, 0) is 0 Å². The third kappa shape index (κ3) is 2.49. The van der Waals surface area contributed by atoms with Gasteiger partial charge in [-0.3, -0.25) is 5.10 Å². The van der Waals surface area contributed by atoms with Crippen molar-refractivity contribution in [1.82, 2.24) is 15.5 Å². The van der Waals surface area contributed by atoms with E-state index in [0.717, 1.165) is 37.7 Å². The van der Waals surface area contributed by atoms with Crippen LogP contribution in [0.15, 0.2) is 24.3 Å². The highest BCUT2D eigenvalue weighted by Gasteiger charge is 2.14. The summed E-state index contributed by atoms with van der Waals surface area (Å²) < 4.78 is 0. The van der Waals surface area contributed by atoms with Crippen LogP contribution in [0.5, 0.6) is 0 Å². The highest BCUT2D eigenvalue weighted by molar-refractivity contribution is 5.67. The van der Waals surface area contributed by atoms with Crippen molar-refractivity contribution < 1.29 is 0 Å². The van der Waals surface area contributed by atoms with Crippen molar-refractivity contribution in [3.05, 3.63) is 35.4 Å². The lowest BCUT2D eigenvalue weighted by atomic mass is 10.0. The summed E-state index contributed by atoms with van der Waals surface area (Å²) >= 11 is 0. The minimum Gasteiger partial charge on any atom is -0.353 e. The first-order chi connectivity index (χ1) is 9.24. The van der Waals surface area contributed by atoms with E-state index >= 15 is 0 Å². The second-order valence-corrected chi connectivity index (χ2v) is 5.20. The third-order valence-electron chi connectivity index (χ3n) is 3.68. The van der Waals surface area contributed by atoms with Crippen molar-refractivity contribution in [2.75, 3.05) is 31.1 Å². The number of hydrogen-bond donors (Lipinski definition) is 2. The Bertz CT molecular complexity index is 567. The molecule has 1 saturated heterocycles. The van der Waals surface area contributed by atoms with E-state index in [2.05, 4.69) is 58.5 Å². The lowest BCUT2D eigenvalue weighted by molar-refractivity contribution is 0.584. The normalized spacial score (nSPS) is 15.8. The van der Waals surface area contributed by atoms with Gasteiger partial charge in [-0.15, -0.1) is 0 Å². The molecular weight excluding hydrogens is 236 g/mol.